The minimum absolute atomic E-state index is 0.0800. The molecule has 3 aromatic carbocycles. The zero-order chi connectivity index (χ0) is 29.1. The summed E-state index contributed by atoms with van der Waals surface area (Å²) in [5.41, 5.74) is -3.26. The van der Waals surface area contributed by atoms with Crippen LogP contribution in [0.1, 0.15) is 38.5 Å². The standard InChI is InChI=1S/C26H14Cl3F7N2O/c27-20-8-15(9-21(28)24(20)29)18(25(31,32)33)10-22(30)14-4-5-17(19(7-14)26(34,35)36)23(39)12-38-16-3-1-2-13(6-16)11-37/h1-10,18,38H,12H2/b22-10-. The van der Waals surface area contributed by atoms with Gasteiger partial charge in [-0.2, -0.15) is 31.6 Å². The van der Waals surface area contributed by atoms with Gasteiger partial charge in [-0.05, 0) is 48.0 Å². The number of carbonyl (C=O) groups excluding carboxylic acids is 1. The van der Waals surface area contributed by atoms with Crippen LogP contribution >= 0.6 is 34.8 Å². The summed E-state index contributed by atoms with van der Waals surface area (Å²) >= 11 is 17.3. The van der Waals surface area contributed by atoms with E-state index in [4.69, 9.17) is 40.1 Å². The molecular weight excluding hydrogens is 596 g/mol. The molecule has 39 heavy (non-hydrogen) atoms. The highest BCUT2D eigenvalue weighted by Crippen LogP contribution is 2.42. The van der Waals surface area contributed by atoms with Gasteiger partial charge in [-0.1, -0.05) is 53.0 Å². The Bertz CT molecular complexity index is 1450. The van der Waals surface area contributed by atoms with Crippen molar-refractivity contribution >= 4 is 52.1 Å². The molecule has 0 fully saturated rings. The fourth-order valence-corrected chi connectivity index (χ4v) is 4.14. The van der Waals surface area contributed by atoms with Gasteiger partial charge in [0.05, 0.1) is 38.8 Å². The van der Waals surface area contributed by atoms with Crippen molar-refractivity contribution in [1.82, 2.24) is 0 Å². The smallest absolute Gasteiger partial charge is 0.378 e. The third-order valence-electron chi connectivity index (χ3n) is 5.38. The lowest BCUT2D eigenvalue weighted by atomic mass is 9.95. The summed E-state index contributed by atoms with van der Waals surface area (Å²) < 4.78 is 97.7. The summed E-state index contributed by atoms with van der Waals surface area (Å²) in [4.78, 5) is 12.6. The van der Waals surface area contributed by atoms with Crippen molar-refractivity contribution in [2.75, 3.05) is 11.9 Å². The molecule has 0 heterocycles. The maximum Gasteiger partial charge on any atom is 0.417 e. The van der Waals surface area contributed by atoms with Crippen LogP contribution < -0.4 is 5.32 Å². The van der Waals surface area contributed by atoms with Gasteiger partial charge < -0.3 is 5.32 Å². The van der Waals surface area contributed by atoms with Gasteiger partial charge >= 0.3 is 12.4 Å². The molecule has 0 aliphatic heterocycles. The molecule has 3 rings (SSSR count). The van der Waals surface area contributed by atoms with E-state index < -0.39 is 58.7 Å². The van der Waals surface area contributed by atoms with Crippen LogP contribution in [0.3, 0.4) is 0 Å². The highest BCUT2D eigenvalue weighted by atomic mass is 35.5. The number of halogens is 10. The van der Waals surface area contributed by atoms with Crippen LogP contribution in [-0.2, 0) is 6.18 Å². The molecule has 0 spiro atoms. The Kier molecular flexibility index (Phi) is 9.21. The summed E-state index contributed by atoms with van der Waals surface area (Å²) in [7, 11) is 0. The number of anilines is 1. The van der Waals surface area contributed by atoms with Gasteiger partial charge in [0.25, 0.3) is 0 Å². The first-order chi connectivity index (χ1) is 18.1. The van der Waals surface area contributed by atoms with E-state index in [1.807, 2.05) is 6.07 Å². The highest BCUT2D eigenvalue weighted by molar-refractivity contribution is 6.48. The lowest BCUT2D eigenvalue weighted by Crippen LogP contribution is -2.20. The van der Waals surface area contributed by atoms with Crippen LogP contribution in [0.4, 0.5) is 36.4 Å². The fourth-order valence-electron chi connectivity index (χ4n) is 3.52. The third kappa shape index (κ3) is 7.44. The number of ketones is 1. The summed E-state index contributed by atoms with van der Waals surface area (Å²) in [6.45, 7) is -0.607. The van der Waals surface area contributed by atoms with E-state index in [0.29, 0.717) is 11.8 Å². The number of hydrogen-bond donors (Lipinski definition) is 1. The van der Waals surface area contributed by atoms with Crippen LogP contribution in [0.2, 0.25) is 15.1 Å². The normalized spacial score (nSPS) is 13.1. The molecule has 3 aromatic rings. The Morgan fingerprint density at radius 1 is 0.974 bits per heavy atom. The van der Waals surface area contributed by atoms with Crippen molar-refractivity contribution < 1.29 is 35.5 Å². The molecule has 0 radical (unpaired) electrons. The zero-order valence-electron chi connectivity index (χ0n) is 19.2. The number of carbonyl (C=O) groups is 1. The SMILES string of the molecule is N#Cc1cccc(NCC(=O)c2ccc(/C(F)=C/C(c3cc(Cl)c(Cl)c(Cl)c3)C(F)(F)F)cc2C(F)(F)F)c1. The second kappa shape index (κ2) is 11.9. The van der Waals surface area contributed by atoms with Crippen LogP contribution in [0.25, 0.3) is 5.83 Å². The van der Waals surface area contributed by atoms with Crippen LogP contribution in [-0.4, -0.2) is 18.5 Å². The predicted octanol–water partition coefficient (Wildman–Crippen LogP) is 9.49. The van der Waals surface area contributed by atoms with E-state index in [-0.39, 0.29) is 32.8 Å². The fraction of sp³-hybridized carbons (Fsp3) is 0.154. The zero-order valence-corrected chi connectivity index (χ0v) is 21.5. The largest absolute Gasteiger partial charge is 0.417 e. The Morgan fingerprint density at radius 2 is 1.62 bits per heavy atom. The third-order valence-corrected chi connectivity index (χ3v) is 6.57. The van der Waals surface area contributed by atoms with E-state index in [9.17, 15) is 31.1 Å². The molecule has 0 saturated heterocycles. The van der Waals surface area contributed by atoms with E-state index in [1.165, 1.54) is 24.3 Å². The Morgan fingerprint density at radius 3 is 2.18 bits per heavy atom. The number of nitrogens with one attached hydrogen (secondary N) is 1. The quantitative estimate of drug-likeness (QED) is 0.165. The van der Waals surface area contributed by atoms with E-state index in [0.717, 1.165) is 18.2 Å². The Labute approximate surface area is 232 Å². The number of nitriles is 1. The topological polar surface area (TPSA) is 52.9 Å². The van der Waals surface area contributed by atoms with Crippen molar-refractivity contribution in [3.05, 3.63) is 104 Å². The molecule has 0 aliphatic rings. The van der Waals surface area contributed by atoms with Crippen LogP contribution in [0.5, 0.6) is 0 Å². The number of nitrogens with zero attached hydrogens (tertiary/aromatic N) is 1. The minimum atomic E-state index is -5.14. The van der Waals surface area contributed by atoms with Crippen molar-refractivity contribution in [2.45, 2.75) is 18.3 Å². The van der Waals surface area contributed by atoms with Crippen molar-refractivity contribution in [2.24, 2.45) is 0 Å². The second-order valence-corrected chi connectivity index (χ2v) is 9.25. The first-order valence-electron chi connectivity index (χ1n) is 10.7. The minimum Gasteiger partial charge on any atom is -0.378 e. The number of Topliss-reactive ketones (excluding diaryl/α,β-unsaturated/α-hetero) is 1. The molecule has 204 valence electrons. The summed E-state index contributed by atoms with van der Waals surface area (Å²) in [5, 5.41) is 10.6. The lowest BCUT2D eigenvalue weighted by Gasteiger charge is -2.19. The Balaban J connectivity index is 1.97. The monoisotopic (exact) mass is 608 g/mol. The molecule has 1 N–H and O–H groups in total. The van der Waals surface area contributed by atoms with Gasteiger partial charge in [0.15, 0.2) is 5.78 Å². The maximum absolute atomic E-state index is 15.0. The van der Waals surface area contributed by atoms with Gasteiger partial charge in [-0.25, -0.2) is 4.39 Å². The predicted molar refractivity (Wildman–Crippen MR) is 135 cm³/mol. The van der Waals surface area contributed by atoms with E-state index in [2.05, 4.69) is 5.32 Å². The average molecular weight is 610 g/mol. The summed E-state index contributed by atoms with van der Waals surface area (Å²) in [6.07, 6.45) is -10.1. The maximum atomic E-state index is 15.0. The molecule has 0 amide bonds. The molecule has 3 nitrogen and oxygen atoms in total. The van der Waals surface area contributed by atoms with Crippen molar-refractivity contribution in [3.63, 3.8) is 0 Å². The number of alkyl halides is 6. The van der Waals surface area contributed by atoms with Crippen molar-refractivity contribution in [3.8, 4) is 6.07 Å². The molecule has 1 unspecified atom stereocenters. The number of allylic oxidation sites excluding steroid dienone is 1. The molecule has 1 atom stereocenters. The van der Waals surface area contributed by atoms with Crippen molar-refractivity contribution in [1.29, 1.82) is 5.26 Å². The van der Waals surface area contributed by atoms with E-state index >= 15 is 4.39 Å². The van der Waals surface area contributed by atoms with Crippen LogP contribution in [0, 0.1) is 11.3 Å². The molecular formula is C26H14Cl3F7N2O. The van der Waals surface area contributed by atoms with Gasteiger partial charge in [0.1, 0.15) is 11.7 Å². The van der Waals surface area contributed by atoms with Gasteiger partial charge in [0, 0.05) is 16.8 Å². The van der Waals surface area contributed by atoms with E-state index in [1.54, 1.807) is 0 Å². The molecule has 0 saturated carbocycles. The van der Waals surface area contributed by atoms with Gasteiger partial charge in [-0.3, -0.25) is 4.79 Å². The molecule has 0 bridgehead atoms. The van der Waals surface area contributed by atoms with Gasteiger partial charge in [-0.15, -0.1) is 0 Å². The molecule has 0 aromatic heterocycles. The van der Waals surface area contributed by atoms with Gasteiger partial charge in [0.2, 0.25) is 0 Å². The summed E-state index contributed by atoms with van der Waals surface area (Å²) in [5.74, 6) is -5.29. The first kappa shape index (κ1) is 30.3. The average Bonchev–Trinajstić information content (AvgIpc) is 2.87. The van der Waals surface area contributed by atoms with Crippen LogP contribution in [0.15, 0.2) is 60.7 Å². The highest BCUT2D eigenvalue weighted by Gasteiger charge is 2.41. The lowest BCUT2D eigenvalue weighted by molar-refractivity contribution is -0.140. The number of benzene rings is 3. The Hall–Kier alpha value is -3.26. The molecule has 0 aliphatic carbocycles. The number of rotatable bonds is 7. The second-order valence-electron chi connectivity index (χ2n) is 8.06. The number of hydrogen-bond acceptors (Lipinski definition) is 3. The molecule has 13 heteroatoms. The first-order valence-corrected chi connectivity index (χ1v) is 11.8. The summed E-state index contributed by atoms with van der Waals surface area (Å²) in [6, 6.07) is 11.0.